The summed E-state index contributed by atoms with van der Waals surface area (Å²) >= 11 is 0. The van der Waals surface area contributed by atoms with E-state index >= 15 is 0 Å². The molecule has 8 heteroatoms. The van der Waals surface area contributed by atoms with E-state index < -0.39 is 0 Å². The van der Waals surface area contributed by atoms with Gasteiger partial charge in [-0.2, -0.15) is 4.98 Å². The monoisotopic (exact) mass is 411 g/mol. The van der Waals surface area contributed by atoms with Crippen molar-refractivity contribution in [2.45, 2.75) is 25.3 Å². The molecule has 0 saturated carbocycles. The van der Waals surface area contributed by atoms with Gasteiger partial charge in [-0.05, 0) is 36.8 Å². The minimum Gasteiger partial charge on any atom is -0.497 e. The predicted molar refractivity (Wildman–Crippen MR) is 107 cm³/mol. The van der Waals surface area contributed by atoms with Crippen molar-refractivity contribution in [2.24, 2.45) is 0 Å². The van der Waals surface area contributed by atoms with Crippen LogP contribution < -0.4 is 9.47 Å². The van der Waals surface area contributed by atoms with Crippen LogP contribution in [0.5, 0.6) is 11.5 Å². The molecule has 1 saturated heterocycles. The van der Waals surface area contributed by atoms with E-state index in [9.17, 15) is 9.18 Å². The Labute approximate surface area is 173 Å². The number of amides is 1. The molecule has 1 aromatic heterocycles. The van der Waals surface area contributed by atoms with Gasteiger partial charge in [-0.3, -0.25) is 4.79 Å². The molecular formula is C22H22FN3O4. The number of carbonyl (C=O) groups is 1. The minimum absolute atomic E-state index is 0.000348. The Morgan fingerprint density at radius 3 is 2.43 bits per heavy atom. The predicted octanol–water partition coefficient (Wildman–Crippen LogP) is 3.97. The van der Waals surface area contributed by atoms with Crippen molar-refractivity contribution < 1.29 is 23.2 Å². The molecule has 0 spiro atoms. The minimum atomic E-state index is -0.302. The van der Waals surface area contributed by atoms with E-state index in [4.69, 9.17) is 14.0 Å². The molecule has 3 aromatic rings. The number of aromatic nitrogens is 2. The SMILES string of the molecule is COc1cc(OC)cc(-c2noc(C3CC(=O)N(C(C)c4ccc(F)cc4)C3)n2)c1. The zero-order chi connectivity index (χ0) is 21.3. The van der Waals surface area contributed by atoms with Crippen LogP contribution in [0.3, 0.4) is 0 Å². The highest BCUT2D eigenvalue weighted by Gasteiger charge is 2.37. The van der Waals surface area contributed by atoms with Crippen LogP contribution in [0.4, 0.5) is 4.39 Å². The maximum atomic E-state index is 13.2. The quantitative estimate of drug-likeness (QED) is 0.611. The lowest BCUT2D eigenvalue weighted by Gasteiger charge is -2.25. The van der Waals surface area contributed by atoms with E-state index in [0.717, 1.165) is 5.56 Å². The van der Waals surface area contributed by atoms with Gasteiger partial charge in [-0.1, -0.05) is 17.3 Å². The third-order valence-corrected chi connectivity index (χ3v) is 5.38. The topological polar surface area (TPSA) is 77.7 Å². The van der Waals surface area contributed by atoms with Gasteiger partial charge in [0.05, 0.1) is 26.2 Å². The molecule has 2 aromatic carbocycles. The fraction of sp³-hybridized carbons (Fsp3) is 0.318. The summed E-state index contributed by atoms with van der Waals surface area (Å²) in [4.78, 5) is 18.9. The van der Waals surface area contributed by atoms with Gasteiger partial charge >= 0.3 is 0 Å². The first kappa shape index (κ1) is 19.9. The summed E-state index contributed by atoms with van der Waals surface area (Å²) in [6, 6.07) is 11.4. The summed E-state index contributed by atoms with van der Waals surface area (Å²) in [6.45, 7) is 2.38. The Hall–Kier alpha value is -3.42. The number of hydrogen-bond acceptors (Lipinski definition) is 6. The highest BCUT2D eigenvalue weighted by Crippen LogP contribution is 2.35. The first-order valence-electron chi connectivity index (χ1n) is 9.60. The zero-order valence-corrected chi connectivity index (χ0v) is 17.0. The molecule has 1 aliphatic heterocycles. The average molecular weight is 411 g/mol. The van der Waals surface area contributed by atoms with Crippen molar-refractivity contribution in [3.05, 3.63) is 59.7 Å². The van der Waals surface area contributed by atoms with E-state index in [1.54, 1.807) is 49.5 Å². The number of carbonyl (C=O) groups excluding carboxylic acids is 1. The fourth-order valence-electron chi connectivity index (χ4n) is 3.65. The summed E-state index contributed by atoms with van der Waals surface area (Å²) in [7, 11) is 3.14. The second-order valence-corrected chi connectivity index (χ2v) is 7.23. The van der Waals surface area contributed by atoms with Crippen molar-refractivity contribution in [1.29, 1.82) is 0 Å². The number of likely N-dealkylation sites (tertiary alicyclic amines) is 1. The van der Waals surface area contributed by atoms with Gasteiger partial charge in [0, 0.05) is 24.6 Å². The molecule has 2 heterocycles. The molecule has 0 N–H and O–H groups in total. The fourth-order valence-corrected chi connectivity index (χ4v) is 3.65. The van der Waals surface area contributed by atoms with Crippen LogP contribution in [-0.2, 0) is 4.79 Å². The van der Waals surface area contributed by atoms with E-state index in [-0.39, 0.29) is 30.1 Å². The number of hydrogen-bond donors (Lipinski definition) is 0. The smallest absolute Gasteiger partial charge is 0.232 e. The van der Waals surface area contributed by atoms with E-state index in [0.29, 0.717) is 35.3 Å². The Morgan fingerprint density at radius 1 is 1.13 bits per heavy atom. The number of methoxy groups -OCH3 is 2. The van der Waals surface area contributed by atoms with Gasteiger partial charge in [-0.15, -0.1) is 0 Å². The van der Waals surface area contributed by atoms with Crippen molar-refractivity contribution in [3.8, 4) is 22.9 Å². The second kappa shape index (κ2) is 8.14. The summed E-state index contributed by atoms with van der Waals surface area (Å²) in [5, 5.41) is 4.08. The lowest BCUT2D eigenvalue weighted by atomic mass is 10.1. The number of rotatable bonds is 6. The normalized spacial score (nSPS) is 17.3. The molecule has 1 aliphatic rings. The molecule has 4 rings (SSSR count). The maximum Gasteiger partial charge on any atom is 0.232 e. The Balaban J connectivity index is 1.53. The molecule has 2 unspecified atom stereocenters. The summed E-state index contributed by atoms with van der Waals surface area (Å²) in [5.41, 5.74) is 1.57. The molecule has 156 valence electrons. The van der Waals surface area contributed by atoms with Gasteiger partial charge in [0.2, 0.25) is 17.6 Å². The van der Waals surface area contributed by atoms with Crippen molar-refractivity contribution >= 4 is 5.91 Å². The molecule has 1 fully saturated rings. The van der Waals surface area contributed by atoms with E-state index in [1.807, 2.05) is 6.92 Å². The van der Waals surface area contributed by atoms with E-state index in [2.05, 4.69) is 10.1 Å². The molecule has 1 amide bonds. The second-order valence-electron chi connectivity index (χ2n) is 7.23. The number of benzene rings is 2. The third kappa shape index (κ3) is 3.85. The molecule has 0 radical (unpaired) electrons. The van der Waals surface area contributed by atoms with Gasteiger partial charge in [0.25, 0.3) is 0 Å². The molecular weight excluding hydrogens is 389 g/mol. The van der Waals surface area contributed by atoms with Crippen molar-refractivity contribution in [2.75, 3.05) is 20.8 Å². The first-order chi connectivity index (χ1) is 14.5. The maximum absolute atomic E-state index is 13.2. The Bertz CT molecular complexity index is 1030. The lowest BCUT2D eigenvalue weighted by molar-refractivity contribution is -0.129. The molecule has 30 heavy (non-hydrogen) atoms. The highest BCUT2D eigenvalue weighted by atomic mass is 19.1. The number of halogens is 1. The van der Waals surface area contributed by atoms with Crippen LogP contribution in [0.15, 0.2) is 47.0 Å². The number of ether oxygens (including phenoxy) is 2. The van der Waals surface area contributed by atoms with E-state index in [1.165, 1.54) is 12.1 Å². The molecule has 0 aliphatic carbocycles. The van der Waals surface area contributed by atoms with Gasteiger partial charge in [0.1, 0.15) is 17.3 Å². The van der Waals surface area contributed by atoms with Crippen LogP contribution in [0.1, 0.15) is 36.8 Å². The lowest BCUT2D eigenvalue weighted by Crippen LogP contribution is -2.28. The van der Waals surface area contributed by atoms with Crippen LogP contribution in [0, 0.1) is 5.82 Å². The third-order valence-electron chi connectivity index (χ3n) is 5.38. The average Bonchev–Trinajstić information content (AvgIpc) is 3.40. The van der Waals surface area contributed by atoms with Crippen LogP contribution in [0.25, 0.3) is 11.4 Å². The van der Waals surface area contributed by atoms with Crippen LogP contribution in [0.2, 0.25) is 0 Å². The Morgan fingerprint density at radius 2 is 1.80 bits per heavy atom. The first-order valence-corrected chi connectivity index (χ1v) is 9.60. The zero-order valence-electron chi connectivity index (χ0n) is 17.0. The van der Waals surface area contributed by atoms with Gasteiger partial charge in [-0.25, -0.2) is 4.39 Å². The standard InChI is InChI=1S/C22H22FN3O4/c1-13(14-4-6-17(23)7-5-14)26-12-16(10-20(26)27)22-24-21(25-30-22)15-8-18(28-2)11-19(9-15)29-3/h4-9,11,13,16H,10,12H2,1-3H3. The summed E-state index contributed by atoms with van der Waals surface area (Å²) in [5.74, 6) is 1.55. The number of nitrogens with zero attached hydrogens (tertiary/aromatic N) is 3. The Kier molecular flexibility index (Phi) is 5.39. The molecule has 0 bridgehead atoms. The van der Waals surface area contributed by atoms with Crippen molar-refractivity contribution in [1.82, 2.24) is 15.0 Å². The summed E-state index contributed by atoms with van der Waals surface area (Å²) in [6.07, 6.45) is 0.286. The van der Waals surface area contributed by atoms with Gasteiger partial charge in [0.15, 0.2) is 0 Å². The summed E-state index contributed by atoms with van der Waals surface area (Å²) < 4.78 is 29.3. The van der Waals surface area contributed by atoms with Gasteiger partial charge < -0.3 is 18.9 Å². The molecule has 2 atom stereocenters. The van der Waals surface area contributed by atoms with Crippen LogP contribution >= 0.6 is 0 Å². The highest BCUT2D eigenvalue weighted by molar-refractivity contribution is 5.80. The largest absolute Gasteiger partial charge is 0.497 e. The van der Waals surface area contributed by atoms with Crippen LogP contribution in [-0.4, -0.2) is 41.7 Å². The van der Waals surface area contributed by atoms with Crippen molar-refractivity contribution in [3.63, 3.8) is 0 Å². The molecule has 7 nitrogen and oxygen atoms in total.